The predicted molar refractivity (Wildman–Crippen MR) is 29.0 cm³/mol. The summed E-state index contributed by atoms with van der Waals surface area (Å²) in [6.45, 7) is 1.90. The van der Waals surface area contributed by atoms with E-state index in [1.807, 2.05) is 13.0 Å². The standard InChI is InChI=1S/C6H7N/c1-6-4-2-3-5-7-6/h2-5H,1H3/i3D. The van der Waals surface area contributed by atoms with Crippen molar-refractivity contribution in [2.75, 3.05) is 0 Å². The molecule has 0 saturated heterocycles. The Labute approximate surface area is 44.4 Å². The maximum Gasteiger partial charge on any atom is 0.0639 e. The van der Waals surface area contributed by atoms with Crippen LogP contribution >= 0.6 is 0 Å². The second-order valence-electron chi connectivity index (χ2n) is 1.40. The molecule has 7 heavy (non-hydrogen) atoms. The fourth-order valence-electron chi connectivity index (χ4n) is 0.394. The third-order valence-corrected chi connectivity index (χ3v) is 0.763. The maximum absolute atomic E-state index is 7.03. The molecule has 1 nitrogen and oxygen atoms in total. The Morgan fingerprint density at radius 3 is 3.14 bits per heavy atom. The first kappa shape index (κ1) is 3.19. The van der Waals surface area contributed by atoms with Crippen molar-refractivity contribution in [3.8, 4) is 0 Å². The molecule has 0 spiro atoms. The van der Waals surface area contributed by atoms with Gasteiger partial charge in [0.2, 0.25) is 0 Å². The van der Waals surface area contributed by atoms with Crippen LogP contribution in [0.25, 0.3) is 0 Å². The van der Waals surface area contributed by atoms with Gasteiger partial charge >= 0.3 is 0 Å². The summed E-state index contributed by atoms with van der Waals surface area (Å²) >= 11 is 0. The van der Waals surface area contributed by atoms with Crippen molar-refractivity contribution in [1.82, 2.24) is 4.98 Å². The van der Waals surface area contributed by atoms with Crippen LogP contribution in [0.1, 0.15) is 7.06 Å². The van der Waals surface area contributed by atoms with Crippen LogP contribution in [0, 0.1) is 6.92 Å². The summed E-state index contributed by atoms with van der Waals surface area (Å²) in [5.41, 5.74) is 0.959. The van der Waals surface area contributed by atoms with E-state index in [1.54, 1.807) is 6.07 Å². The molecule has 0 N–H and O–H groups in total. The van der Waals surface area contributed by atoms with Crippen LogP contribution in [-0.2, 0) is 0 Å². The van der Waals surface area contributed by atoms with E-state index in [2.05, 4.69) is 4.98 Å². The highest BCUT2D eigenvalue weighted by atomic mass is 14.6. The van der Waals surface area contributed by atoms with E-state index >= 15 is 0 Å². The maximum atomic E-state index is 7.03. The fourth-order valence-corrected chi connectivity index (χ4v) is 0.394. The molecule has 1 aromatic heterocycles. The lowest BCUT2D eigenvalue weighted by molar-refractivity contribution is 1.20. The quantitative estimate of drug-likeness (QED) is 0.473. The number of rotatable bonds is 0. The summed E-state index contributed by atoms with van der Waals surface area (Å²) in [4.78, 5) is 3.89. The zero-order valence-corrected chi connectivity index (χ0v) is 4.18. The molecule has 0 bridgehead atoms. The van der Waals surface area contributed by atoms with Crippen LogP contribution in [-0.4, -0.2) is 4.98 Å². The molecule has 0 aromatic carbocycles. The summed E-state index contributed by atoms with van der Waals surface area (Å²) in [5.74, 6) is 0. The van der Waals surface area contributed by atoms with Gasteiger partial charge < -0.3 is 0 Å². The van der Waals surface area contributed by atoms with Gasteiger partial charge in [-0.3, -0.25) is 4.98 Å². The van der Waals surface area contributed by atoms with Crippen molar-refractivity contribution in [3.63, 3.8) is 0 Å². The minimum absolute atomic E-state index is 0.468. The fraction of sp³-hybridized carbons (Fsp3) is 0.167. The SMILES string of the molecule is [2H]c1ccc(C)nc1. The van der Waals surface area contributed by atoms with Crippen molar-refractivity contribution < 1.29 is 1.37 Å². The monoisotopic (exact) mass is 94.1 g/mol. The van der Waals surface area contributed by atoms with Gasteiger partial charge in [0.15, 0.2) is 0 Å². The molecule has 1 rings (SSSR count). The highest BCUT2D eigenvalue weighted by Crippen LogP contribution is 1.85. The van der Waals surface area contributed by atoms with Crippen LogP contribution in [0.4, 0.5) is 0 Å². The summed E-state index contributed by atoms with van der Waals surface area (Å²) in [6.07, 6.45) is 1.54. The first-order chi connectivity index (χ1) is 3.79. The summed E-state index contributed by atoms with van der Waals surface area (Å²) in [6, 6.07) is 4.01. The third kappa shape index (κ3) is 1.000. The van der Waals surface area contributed by atoms with E-state index in [1.165, 1.54) is 6.20 Å². The van der Waals surface area contributed by atoms with Crippen LogP contribution in [0.5, 0.6) is 0 Å². The van der Waals surface area contributed by atoms with E-state index in [9.17, 15) is 0 Å². The van der Waals surface area contributed by atoms with Gasteiger partial charge in [-0.25, -0.2) is 0 Å². The largest absolute Gasteiger partial charge is 0.262 e. The van der Waals surface area contributed by atoms with Crippen LogP contribution in [0.3, 0.4) is 0 Å². The molecule has 1 heteroatoms. The van der Waals surface area contributed by atoms with E-state index in [4.69, 9.17) is 1.37 Å². The van der Waals surface area contributed by atoms with Crippen LogP contribution < -0.4 is 0 Å². The molecule has 0 unspecified atom stereocenters. The van der Waals surface area contributed by atoms with Crippen molar-refractivity contribution in [2.45, 2.75) is 6.92 Å². The Kier molecular flexibility index (Phi) is 0.791. The number of hydrogen-bond donors (Lipinski definition) is 0. The van der Waals surface area contributed by atoms with Gasteiger partial charge in [0, 0.05) is 11.9 Å². The molecule has 1 aromatic rings. The second-order valence-corrected chi connectivity index (χ2v) is 1.40. The molecule has 0 radical (unpaired) electrons. The Bertz CT molecular complexity index is 147. The smallest absolute Gasteiger partial charge is 0.0639 e. The molecule has 0 saturated carbocycles. The van der Waals surface area contributed by atoms with Crippen LogP contribution in [0.15, 0.2) is 24.4 Å². The average Bonchev–Trinajstić information content (AvgIpc) is 1.77. The Hall–Kier alpha value is -0.850. The van der Waals surface area contributed by atoms with Crippen LogP contribution in [0.2, 0.25) is 0 Å². The molecule has 0 aliphatic carbocycles. The molecular formula is C6H7N. The number of hydrogen-bond acceptors (Lipinski definition) is 1. The number of aryl methyl sites for hydroxylation is 1. The normalized spacial score (nSPS) is 10.7. The Morgan fingerprint density at radius 2 is 2.71 bits per heavy atom. The summed E-state index contributed by atoms with van der Waals surface area (Å²) < 4.78 is 7.03. The van der Waals surface area contributed by atoms with Gasteiger partial charge in [0.1, 0.15) is 0 Å². The van der Waals surface area contributed by atoms with Gasteiger partial charge in [-0.15, -0.1) is 0 Å². The second kappa shape index (κ2) is 1.73. The highest BCUT2D eigenvalue weighted by Gasteiger charge is 1.73. The molecule has 0 atom stereocenters. The molecule has 1 heterocycles. The number of nitrogens with zero attached hydrogens (tertiary/aromatic N) is 1. The zero-order chi connectivity index (χ0) is 5.98. The molecule has 0 amide bonds. The molecular weight excluding hydrogens is 86.1 g/mol. The zero-order valence-electron chi connectivity index (χ0n) is 5.18. The number of pyridine rings is 1. The van der Waals surface area contributed by atoms with Crippen molar-refractivity contribution in [2.24, 2.45) is 0 Å². The molecule has 0 fully saturated rings. The Morgan fingerprint density at radius 1 is 1.86 bits per heavy atom. The van der Waals surface area contributed by atoms with Crippen molar-refractivity contribution in [3.05, 3.63) is 30.1 Å². The lowest BCUT2D eigenvalue weighted by atomic mass is 10.4. The molecule has 0 aliphatic rings. The van der Waals surface area contributed by atoms with Gasteiger partial charge in [-0.05, 0) is 19.0 Å². The summed E-state index contributed by atoms with van der Waals surface area (Å²) in [7, 11) is 0. The highest BCUT2D eigenvalue weighted by molar-refractivity contribution is 4.99. The van der Waals surface area contributed by atoms with Gasteiger partial charge in [0.25, 0.3) is 0 Å². The van der Waals surface area contributed by atoms with E-state index < -0.39 is 0 Å². The number of aromatic nitrogens is 1. The first-order valence-corrected chi connectivity index (χ1v) is 2.18. The lowest BCUT2D eigenvalue weighted by Crippen LogP contribution is -1.72. The van der Waals surface area contributed by atoms with Gasteiger partial charge in [-0.1, -0.05) is 6.07 Å². The lowest BCUT2D eigenvalue weighted by Gasteiger charge is -1.82. The minimum Gasteiger partial charge on any atom is -0.262 e. The van der Waals surface area contributed by atoms with Gasteiger partial charge in [-0.2, -0.15) is 0 Å². The topological polar surface area (TPSA) is 12.9 Å². The van der Waals surface area contributed by atoms with E-state index in [-0.39, 0.29) is 0 Å². The minimum atomic E-state index is 0.468. The first-order valence-electron chi connectivity index (χ1n) is 2.68. The van der Waals surface area contributed by atoms with E-state index in [0.29, 0.717) is 6.04 Å². The molecule has 0 aliphatic heterocycles. The summed E-state index contributed by atoms with van der Waals surface area (Å²) in [5, 5.41) is 0. The molecule has 36 valence electrons. The van der Waals surface area contributed by atoms with Crippen molar-refractivity contribution >= 4 is 0 Å². The van der Waals surface area contributed by atoms with Gasteiger partial charge in [0.05, 0.1) is 1.37 Å². The third-order valence-electron chi connectivity index (χ3n) is 0.763. The van der Waals surface area contributed by atoms with E-state index in [0.717, 1.165) is 5.69 Å². The van der Waals surface area contributed by atoms with Crippen molar-refractivity contribution in [1.29, 1.82) is 0 Å². The average molecular weight is 94.1 g/mol. The predicted octanol–water partition coefficient (Wildman–Crippen LogP) is 1.39. The Balaban J connectivity index is 3.03.